The number of hydrogen-bond acceptors (Lipinski definition) is 9. The fourth-order valence-corrected chi connectivity index (χ4v) is 3.49. The highest BCUT2D eigenvalue weighted by atomic mass is 16.4. The van der Waals surface area contributed by atoms with Crippen molar-refractivity contribution in [1.29, 1.82) is 0 Å². The van der Waals surface area contributed by atoms with Crippen LogP contribution in [-0.2, 0) is 16.1 Å². The Kier molecular flexibility index (Phi) is 6.66. The molecule has 0 aliphatic carbocycles. The standard InChI is InChI=1S/C21H24N8O3/c30-18(24-13-19(31)32)12-25-20-15-4-1-2-5-16(15)26-17(27-20)14-28-8-10-29(11-9-28)21-22-6-3-7-23-21/h1-7H,8-14H2,(H,24,30)(H,31,32)(H,25,26,27). The molecule has 1 amide bonds. The number of carbonyl (C=O) groups is 2. The van der Waals surface area contributed by atoms with E-state index in [4.69, 9.17) is 5.11 Å². The van der Waals surface area contributed by atoms with Crippen molar-refractivity contribution in [3.05, 3.63) is 48.5 Å². The molecule has 0 spiro atoms. The average Bonchev–Trinajstić information content (AvgIpc) is 2.82. The number of nitrogens with zero attached hydrogens (tertiary/aromatic N) is 6. The number of benzene rings is 1. The first-order chi connectivity index (χ1) is 15.6. The van der Waals surface area contributed by atoms with E-state index in [2.05, 4.69) is 40.4 Å². The second-order valence-electron chi connectivity index (χ2n) is 7.34. The molecule has 0 atom stereocenters. The molecule has 3 heterocycles. The van der Waals surface area contributed by atoms with Gasteiger partial charge in [0.25, 0.3) is 0 Å². The number of piperazine rings is 1. The number of nitrogens with one attached hydrogen (secondary N) is 2. The smallest absolute Gasteiger partial charge is 0.322 e. The molecular weight excluding hydrogens is 412 g/mol. The molecule has 0 radical (unpaired) electrons. The third-order valence-corrected chi connectivity index (χ3v) is 5.08. The predicted molar refractivity (Wildman–Crippen MR) is 118 cm³/mol. The maximum atomic E-state index is 11.9. The lowest BCUT2D eigenvalue weighted by Crippen LogP contribution is -2.46. The van der Waals surface area contributed by atoms with Gasteiger partial charge in [0.15, 0.2) is 0 Å². The summed E-state index contributed by atoms with van der Waals surface area (Å²) >= 11 is 0. The summed E-state index contributed by atoms with van der Waals surface area (Å²) in [5.41, 5.74) is 0.780. The Morgan fingerprint density at radius 2 is 1.72 bits per heavy atom. The lowest BCUT2D eigenvalue weighted by molar-refractivity contribution is -0.137. The zero-order valence-electron chi connectivity index (χ0n) is 17.4. The molecule has 3 N–H and O–H groups in total. The minimum absolute atomic E-state index is 0.0799. The molecule has 1 aliphatic heterocycles. The molecule has 1 fully saturated rings. The first-order valence-corrected chi connectivity index (χ1v) is 10.3. The summed E-state index contributed by atoms with van der Waals surface area (Å²) in [6.45, 7) is 3.36. The molecular formula is C21H24N8O3. The van der Waals surface area contributed by atoms with Crippen molar-refractivity contribution in [3.63, 3.8) is 0 Å². The minimum Gasteiger partial charge on any atom is -0.480 e. The van der Waals surface area contributed by atoms with E-state index in [9.17, 15) is 9.59 Å². The van der Waals surface area contributed by atoms with Gasteiger partial charge in [-0.25, -0.2) is 19.9 Å². The van der Waals surface area contributed by atoms with Crippen molar-refractivity contribution < 1.29 is 14.7 Å². The summed E-state index contributed by atoms with van der Waals surface area (Å²) in [5, 5.41) is 14.8. The van der Waals surface area contributed by atoms with Gasteiger partial charge >= 0.3 is 5.97 Å². The van der Waals surface area contributed by atoms with Crippen molar-refractivity contribution in [1.82, 2.24) is 30.2 Å². The van der Waals surface area contributed by atoms with Crippen LogP contribution in [0.1, 0.15) is 5.82 Å². The number of amides is 1. The monoisotopic (exact) mass is 436 g/mol. The maximum Gasteiger partial charge on any atom is 0.322 e. The number of aliphatic carboxylic acids is 1. The van der Waals surface area contributed by atoms with Crippen LogP contribution in [0, 0.1) is 0 Å². The van der Waals surface area contributed by atoms with E-state index >= 15 is 0 Å². The number of carboxylic acids is 1. The zero-order chi connectivity index (χ0) is 22.3. The lowest BCUT2D eigenvalue weighted by Gasteiger charge is -2.34. The SMILES string of the molecule is O=C(O)CNC(=O)CNc1nc(CN2CCN(c3ncccn3)CC2)nc2ccccc12. The van der Waals surface area contributed by atoms with E-state index in [1.54, 1.807) is 18.5 Å². The Bertz CT molecular complexity index is 1090. The number of carbonyl (C=O) groups excluding carboxylic acids is 1. The number of anilines is 2. The van der Waals surface area contributed by atoms with Gasteiger partial charge in [0.2, 0.25) is 11.9 Å². The Balaban J connectivity index is 1.42. The van der Waals surface area contributed by atoms with Crippen molar-refractivity contribution in [2.45, 2.75) is 6.54 Å². The van der Waals surface area contributed by atoms with E-state index in [0.717, 1.165) is 43.0 Å². The fourth-order valence-electron chi connectivity index (χ4n) is 3.49. The van der Waals surface area contributed by atoms with Gasteiger partial charge in [-0.2, -0.15) is 0 Å². The third kappa shape index (κ3) is 5.43. The number of para-hydroxylation sites is 1. The van der Waals surface area contributed by atoms with E-state index < -0.39 is 18.4 Å². The predicted octanol–water partition coefficient (Wildman–Crippen LogP) is 0.355. The highest BCUT2D eigenvalue weighted by molar-refractivity contribution is 5.91. The first kappa shape index (κ1) is 21.4. The van der Waals surface area contributed by atoms with E-state index in [0.29, 0.717) is 18.2 Å². The Labute approximate surface area is 184 Å². The summed E-state index contributed by atoms with van der Waals surface area (Å²) < 4.78 is 0. The van der Waals surface area contributed by atoms with Crippen LogP contribution in [0.2, 0.25) is 0 Å². The Morgan fingerprint density at radius 3 is 2.47 bits per heavy atom. The topological polar surface area (TPSA) is 136 Å². The quantitative estimate of drug-likeness (QED) is 0.454. The van der Waals surface area contributed by atoms with Crippen LogP contribution >= 0.6 is 0 Å². The van der Waals surface area contributed by atoms with Gasteiger partial charge in [0.1, 0.15) is 18.2 Å². The van der Waals surface area contributed by atoms with Crippen LogP contribution < -0.4 is 15.5 Å². The molecule has 11 nitrogen and oxygen atoms in total. The molecule has 0 unspecified atom stereocenters. The number of fused-ring (bicyclic) bond motifs is 1. The highest BCUT2D eigenvalue weighted by Crippen LogP contribution is 2.21. The van der Waals surface area contributed by atoms with Gasteiger partial charge < -0.3 is 20.6 Å². The van der Waals surface area contributed by atoms with Crippen molar-refractivity contribution in [2.24, 2.45) is 0 Å². The summed E-state index contributed by atoms with van der Waals surface area (Å²) in [4.78, 5) is 44.9. The number of rotatable bonds is 8. The van der Waals surface area contributed by atoms with E-state index in [1.165, 1.54) is 0 Å². The molecule has 32 heavy (non-hydrogen) atoms. The van der Waals surface area contributed by atoms with Gasteiger partial charge in [-0.05, 0) is 18.2 Å². The largest absolute Gasteiger partial charge is 0.480 e. The number of carboxylic acid groups (broad SMARTS) is 1. The molecule has 4 rings (SSSR count). The number of hydrogen-bond donors (Lipinski definition) is 3. The Morgan fingerprint density at radius 1 is 0.969 bits per heavy atom. The van der Waals surface area contributed by atoms with E-state index in [1.807, 2.05) is 24.3 Å². The van der Waals surface area contributed by atoms with Crippen molar-refractivity contribution >= 4 is 34.5 Å². The molecule has 1 saturated heterocycles. The minimum atomic E-state index is -1.09. The van der Waals surface area contributed by atoms with Crippen LogP contribution in [0.3, 0.4) is 0 Å². The molecule has 0 bridgehead atoms. The molecule has 2 aromatic heterocycles. The van der Waals surface area contributed by atoms with Gasteiger partial charge in [0, 0.05) is 44.0 Å². The van der Waals surface area contributed by atoms with Gasteiger partial charge in [0.05, 0.1) is 18.6 Å². The van der Waals surface area contributed by atoms with Crippen LogP contribution in [0.5, 0.6) is 0 Å². The molecule has 1 aliphatic rings. The van der Waals surface area contributed by atoms with Gasteiger partial charge in [-0.1, -0.05) is 12.1 Å². The molecule has 11 heteroatoms. The molecule has 166 valence electrons. The molecule has 0 saturated carbocycles. The van der Waals surface area contributed by atoms with Crippen LogP contribution in [0.25, 0.3) is 10.9 Å². The van der Waals surface area contributed by atoms with Crippen LogP contribution in [0.15, 0.2) is 42.7 Å². The maximum absolute atomic E-state index is 11.9. The normalized spacial score (nSPS) is 14.3. The van der Waals surface area contributed by atoms with Gasteiger partial charge in [-0.15, -0.1) is 0 Å². The highest BCUT2D eigenvalue weighted by Gasteiger charge is 2.20. The summed E-state index contributed by atoms with van der Waals surface area (Å²) in [6.07, 6.45) is 3.49. The van der Waals surface area contributed by atoms with Crippen LogP contribution in [0.4, 0.5) is 11.8 Å². The fraction of sp³-hybridized carbons (Fsp3) is 0.333. The Hall–Kier alpha value is -3.86. The van der Waals surface area contributed by atoms with E-state index in [-0.39, 0.29) is 6.54 Å². The zero-order valence-corrected chi connectivity index (χ0v) is 17.4. The molecule has 3 aromatic rings. The molecule has 1 aromatic carbocycles. The first-order valence-electron chi connectivity index (χ1n) is 10.3. The summed E-state index contributed by atoms with van der Waals surface area (Å²) in [5.74, 6) is 0.429. The second-order valence-corrected chi connectivity index (χ2v) is 7.34. The van der Waals surface area contributed by atoms with Gasteiger partial charge in [-0.3, -0.25) is 14.5 Å². The average molecular weight is 436 g/mol. The van der Waals surface area contributed by atoms with Crippen molar-refractivity contribution in [2.75, 3.05) is 49.5 Å². The number of aromatic nitrogens is 4. The second kappa shape index (κ2) is 9.96. The van der Waals surface area contributed by atoms with Crippen molar-refractivity contribution in [3.8, 4) is 0 Å². The summed E-state index contributed by atoms with van der Waals surface area (Å²) in [6, 6.07) is 9.38. The summed E-state index contributed by atoms with van der Waals surface area (Å²) in [7, 11) is 0. The lowest BCUT2D eigenvalue weighted by atomic mass is 10.2. The third-order valence-electron chi connectivity index (χ3n) is 5.08. The van der Waals surface area contributed by atoms with Crippen LogP contribution in [-0.4, -0.2) is 81.1 Å².